The number of hydrogen-bond donors (Lipinski definition) is 2. The number of carbonyl (C=O) groups is 2. The van der Waals surface area contributed by atoms with Gasteiger partial charge in [0.2, 0.25) is 5.91 Å². The van der Waals surface area contributed by atoms with Gasteiger partial charge in [-0.25, -0.2) is 0 Å². The van der Waals surface area contributed by atoms with Gasteiger partial charge in [-0.15, -0.1) is 0 Å². The smallest absolute Gasteiger partial charge is 0.234 e. The van der Waals surface area contributed by atoms with Crippen LogP contribution in [0.3, 0.4) is 0 Å². The molecule has 4 nitrogen and oxygen atoms in total. The number of amides is 1. The van der Waals surface area contributed by atoms with E-state index in [1.165, 1.54) is 18.1 Å². The second-order valence-electron chi connectivity index (χ2n) is 7.62. The van der Waals surface area contributed by atoms with Crippen LogP contribution in [0.1, 0.15) is 50.4 Å². The molecule has 2 aromatic carbocycles. The van der Waals surface area contributed by atoms with Crippen LogP contribution in [-0.4, -0.2) is 24.3 Å². The Bertz CT molecular complexity index is 754. The minimum atomic E-state index is -0.502. The zero-order chi connectivity index (χ0) is 20.5. The number of Topliss-reactive ketones (excluding diaryl/α,β-unsaturated/α-hetero) is 1. The minimum absolute atomic E-state index is 0.0345. The van der Waals surface area contributed by atoms with E-state index >= 15 is 0 Å². The van der Waals surface area contributed by atoms with E-state index in [9.17, 15) is 9.59 Å². The largest absolute Gasteiger partial charge is 0.345 e. The molecule has 2 rings (SSSR count). The number of benzene rings is 2. The summed E-state index contributed by atoms with van der Waals surface area (Å²) in [4.78, 5) is 24.5. The summed E-state index contributed by atoms with van der Waals surface area (Å²) in [5.74, 6) is 0.146. The Morgan fingerprint density at radius 3 is 2.11 bits per heavy atom. The lowest BCUT2D eigenvalue weighted by Gasteiger charge is -2.24. The summed E-state index contributed by atoms with van der Waals surface area (Å²) in [5.41, 5.74) is 3.51. The van der Waals surface area contributed by atoms with Crippen molar-refractivity contribution in [1.82, 2.24) is 10.6 Å². The van der Waals surface area contributed by atoms with Crippen LogP contribution in [0.2, 0.25) is 0 Å². The molecule has 0 fully saturated rings. The van der Waals surface area contributed by atoms with E-state index < -0.39 is 6.04 Å². The van der Waals surface area contributed by atoms with Gasteiger partial charge in [0.05, 0.1) is 12.6 Å². The molecular weight excluding hydrogens is 348 g/mol. The first-order valence-corrected chi connectivity index (χ1v) is 10.1. The van der Waals surface area contributed by atoms with Crippen molar-refractivity contribution in [3.63, 3.8) is 0 Å². The van der Waals surface area contributed by atoms with Crippen molar-refractivity contribution in [2.45, 2.75) is 52.6 Å². The van der Waals surface area contributed by atoms with Crippen LogP contribution in [0.4, 0.5) is 0 Å². The van der Waals surface area contributed by atoms with Gasteiger partial charge in [0.15, 0.2) is 5.78 Å². The summed E-state index contributed by atoms with van der Waals surface area (Å²) in [6.07, 6.45) is 1.52. The van der Waals surface area contributed by atoms with E-state index in [4.69, 9.17) is 0 Å². The van der Waals surface area contributed by atoms with Crippen LogP contribution in [0.15, 0.2) is 54.6 Å². The maximum absolute atomic E-state index is 12.5. The standard InChI is InChI=1S/C24H32N2O2/c1-5-19-11-13-21(14-12-19)24(17(2)3)25-16-23(28)26-22(18(4)27)15-20-9-7-6-8-10-20/h6-14,17,22,24-25H,5,15-16H2,1-4H3,(H,26,28)/t22-,24-/m1/s1. The summed E-state index contributed by atoms with van der Waals surface area (Å²) < 4.78 is 0. The predicted molar refractivity (Wildman–Crippen MR) is 114 cm³/mol. The molecule has 0 saturated carbocycles. The van der Waals surface area contributed by atoms with Gasteiger partial charge >= 0.3 is 0 Å². The van der Waals surface area contributed by atoms with E-state index in [0.29, 0.717) is 12.3 Å². The first kappa shape index (κ1) is 21.8. The number of rotatable bonds is 10. The fourth-order valence-corrected chi connectivity index (χ4v) is 3.29. The zero-order valence-electron chi connectivity index (χ0n) is 17.4. The van der Waals surface area contributed by atoms with Crippen molar-refractivity contribution in [3.8, 4) is 0 Å². The maximum Gasteiger partial charge on any atom is 0.234 e. The van der Waals surface area contributed by atoms with Gasteiger partial charge in [0.25, 0.3) is 0 Å². The highest BCUT2D eigenvalue weighted by Gasteiger charge is 2.20. The van der Waals surface area contributed by atoms with Gasteiger partial charge in [0.1, 0.15) is 0 Å². The van der Waals surface area contributed by atoms with Crippen LogP contribution in [0.5, 0.6) is 0 Å². The number of ketones is 1. The molecule has 2 atom stereocenters. The van der Waals surface area contributed by atoms with Gasteiger partial charge in [0, 0.05) is 6.04 Å². The lowest BCUT2D eigenvalue weighted by atomic mass is 9.95. The molecule has 0 heterocycles. The third kappa shape index (κ3) is 6.61. The average Bonchev–Trinajstić information content (AvgIpc) is 2.68. The van der Waals surface area contributed by atoms with Crippen molar-refractivity contribution >= 4 is 11.7 Å². The average molecular weight is 381 g/mol. The van der Waals surface area contributed by atoms with E-state index in [0.717, 1.165) is 12.0 Å². The quantitative estimate of drug-likeness (QED) is 0.658. The third-order valence-corrected chi connectivity index (χ3v) is 5.00. The molecule has 0 aliphatic carbocycles. The summed E-state index contributed by atoms with van der Waals surface area (Å²) in [5, 5.41) is 6.24. The molecule has 0 bridgehead atoms. The van der Waals surface area contributed by atoms with Crippen molar-refractivity contribution in [3.05, 3.63) is 71.3 Å². The second kappa shape index (κ2) is 10.8. The highest BCUT2D eigenvalue weighted by molar-refractivity contribution is 5.88. The Balaban J connectivity index is 1.96. The van der Waals surface area contributed by atoms with Crippen molar-refractivity contribution in [2.24, 2.45) is 5.92 Å². The molecule has 0 aliphatic rings. The molecule has 0 aliphatic heterocycles. The second-order valence-corrected chi connectivity index (χ2v) is 7.62. The van der Waals surface area contributed by atoms with Crippen LogP contribution in [-0.2, 0) is 22.4 Å². The van der Waals surface area contributed by atoms with Crippen LogP contribution in [0.25, 0.3) is 0 Å². The van der Waals surface area contributed by atoms with E-state index in [1.54, 1.807) is 0 Å². The van der Waals surface area contributed by atoms with E-state index in [1.807, 2.05) is 30.3 Å². The number of hydrogen-bond acceptors (Lipinski definition) is 3. The Morgan fingerprint density at radius 1 is 0.929 bits per heavy atom. The topological polar surface area (TPSA) is 58.2 Å². The monoisotopic (exact) mass is 380 g/mol. The molecule has 150 valence electrons. The van der Waals surface area contributed by atoms with E-state index in [2.05, 4.69) is 55.7 Å². The molecule has 0 spiro atoms. The fourth-order valence-electron chi connectivity index (χ4n) is 3.29. The maximum atomic E-state index is 12.5. The van der Waals surface area contributed by atoms with Crippen molar-refractivity contribution in [1.29, 1.82) is 0 Å². The van der Waals surface area contributed by atoms with Crippen LogP contribution in [0, 0.1) is 5.92 Å². The lowest BCUT2D eigenvalue weighted by molar-refractivity contribution is -0.126. The molecule has 2 aromatic rings. The Morgan fingerprint density at radius 2 is 1.57 bits per heavy atom. The summed E-state index contributed by atoms with van der Waals surface area (Å²) in [6, 6.07) is 17.9. The number of carbonyl (C=O) groups excluding carboxylic acids is 2. The Labute approximate surface area is 168 Å². The van der Waals surface area contributed by atoms with Gasteiger partial charge in [-0.05, 0) is 42.4 Å². The molecular formula is C24H32N2O2. The molecule has 0 saturated heterocycles. The molecule has 2 N–H and O–H groups in total. The SMILES string of the molecule is CCc1ccc([C@H](NCC(=O)N[C@H](Cc2ccccc2)C(C)=O)C(C)C)cc1. The third-order valence-electron chi connectivity index (χ3n) is 5.00. The van der Waals surface area contributed by atoms with Gasteiger partial charge in [-0.1, -0.05) is 75.4 Å². The first-order chi connectivity index (χ1) is 13.4. The summed E-state index contributed by atoms with van der Waals surface area (Å²) in [6.45, 7) is 8.11. The minimum Gasteiger partial charge on any atom is -0.345 e. The fraction of sp³-hybridized carbons (Fsp3) is 0.417. The van der Waals surface area contributed by atoms with E-state index in [-0.39, 0.29) is 24.3 Å². The number of nitrogens with one attached hydrogen (secondary N) is 2. The highest BCUT2D eigenvalue weighted by Crippen LogP contribution is 2.22. The molecule has 1 amide bonds. The van der Waals surface area contributed by atoms with Gasteiger partial charge in [-0.3, -0.25) is 9.59 Å². The molecule has 0 radical (unpaired) electrons. The lowest BCUT2D eigenvalue weighted by Crippen LogP contribution is -2.45. The zero-order valence-corrected chi connectivity index (χ0v) is 17.4. The number of aryl methyl sites for hydroxylation is 1. The Kier molecular flexibility index (Phi) is 8.40. The summed E-state index contributed by atoms with van der Waals surface area (Å²) in [7, 11) is 0. The molecule has 0 unspecified atom stereocenters. The predicted octanol–water partition coefficient (Wildman–Crippen LogP) is 3.85. The van der Waals surface area contributed by atoms with Crippen LogP contribution >= 0.6 is 0 Å². The van der Waals surface area contributed by atoms with Gasteiger partial charge < -0.3 is 10.6 Å². The molecule has 0 aromatic heterocycles. The molecule has 28 heavy (non-hydrogen) atoms. The summed E-state index contributed by atoms with van der Waals surface area (Å²) >= 11 is 0. The van der Waals surface area contributed by atoms with Crippen molar-refractivity contribution < 1.29 is 9.59 Å². The highest BCUT2D eigenvalue weighted by atomic mass is 16.2. The molecule has 4 heteroatoms. The van der Waals surface area contributed by atoms with Crippen molar-refractivity contribution in [2.75, 3.05) is 6.54 Å². The Hall–Kier alpha value is -2.46. The first-order valence-electron chi connectivity index (χ1n) is 10.1. The van der Waals surface area contributed by atoms with Crippen LogP contribution < -0.4 is 10.6 Å². The normalized spacial score (nSPS) is 13.2. The van der Waals surface area contributed by atoms with Gasteiger partial charge in [-0.2, -0.15) is 0 Å².